The first kappa shape index (κ1) is 13.2. The van der Waals surface area contributed by atoms with Gasteiger partial charge in [0.1, 0.15) is 0 Å². The van der Waals surface area contributed by atoms with E-state index in [0.29, 0.717) is 0 Å². The van der Waals surface area contributed by atoms with Gasteiger partial charge in [-0.15, -0.1) is 0 Å². The van der Waals surface area contributed by atoms with Crippen molar-refractivity contribution in [1.29, 1.82) is 0 Å². The Kier molecular flexibility index (Phi) is 5.01. The molecule has 1 heteroatoms. The Morgan fingerprint density at radius 2 is 1.69 bits per heavy atom. The first-order valence-electron chi connectivity index (χ1n) is 6.29. The van der Waals surface area contributed by atoms with Crippen LogP contribution in [0.1, 0.15) is 48.4 Å². The topological polar surface area (TPSA) is 20.2 Å². The van der Waals surface area contributed by atoms with Gasteiger partial charge >= 0.3 is 0 Å². The number of aliphatic hydroxyl groups is 1. The van der Waals surface area contributed by atoms with Crippen LogP contribution in [0.25, 0.3) is 0 Å². The molecule has 0 aliphatic rings. The van der Waals surface area contributed by atoms with Crippen molar-refractivity contribution < 1.29 is 5.11 Å². The fraction of sp³-hybridized carbons (Fsp3) is 0.600. The highest BCUT2D eigenvalue weighted by Crippen LogP contribution is 2.19. The summed E-state index contributed by atoms with van der Waals surface area (Å²) in [5.74, 6) is 0. The molecule has 0 fully saturated rings. The van der Waals surface area contributed by atoms with E-state index in [1.165, 1.54) is 22.3 Å². The van der Waals surface area contributed by atoms with E-state index >= 15 is 0 Å². The summed E-state index contributed by atoms with van der Waals surface area (Å²) in [6.07, 6.45) is 3.81. The van der Waals surface area contributed by atoms with Gasteiger partial charge in [-0.3, -0.25) is 0 Å². The van der Waals surface area contributed by atoms with Crippen molar-refractivity contribution in [1.82, 2.24) is 0 Å². The first-order valence-corrected chi connectivity index (χ1v) is 6.29. The van der Waals surface area contributed by atoms with Crippen LogP contribution in [-0.4, -0.2) is 11.2 Å². The zero-order valence-corrected chi connectivity index (χ0v) is 11.0. The third-order valence-electron chi connectivity index (χ3n) is 3.17. The summed E-state index contributed by atoms with van der Waals surface area (Å²) < 4.78 is 0. The van der Waals surface area contributed by atoms with Crippen LogP contribution in [0.4, 0.5) is 0 Å². The minimum atomic E-state index is -0.181. The Labute approximate surface area is 99.5 Å². The second-order valence-electron chi connectivity index (χ2n) is 4.88. The highest BCUT2D eigenvalue weighted by molar-refractivity contribution is 5.37. The Morgan fingerprint density at radius 3 is 2.19 bits per heavy atom. The SMILES string of the molecule is CCCCC(O)Cc1c(C)cc(C)cc1C. The lowest BCUT2D eigenvalue weighted by atomic mass is 9.94. The van der Waals surface area contributed by atoms with E-state index in [0.717, 1.165) is 25.7 Å². The minimum Gasteiger partial charge on any atom is -0.393 e. The van der Waals surface area contributed by atoms with Crippen molar-refractivity contribution >= 4 is 0 Å². The molecule has 1 aromatic rings. The molecule has 0 spiro atoms. The largest absolute Gasteiger partial charge is 0.393 e. The van der Waals surface area contributed by atoms with Crippen molar-refractivity contribution in [2.75, 3.05) is 0 Å². The summed E-state index contributed by atoms with van der Waals surface area (Å²) in [7, 11) is 0. The normalized spacial score (nSPS) is 12.8. The summed E-state index contributed by atoms with van der Waals surface area (Å²) in [5.41, 5.74) is 5.26. The molecule has 0 saturated heterocycles. The summed E-state index contributed by atoms with van der Waals surface area (Å²) in [5, 5.41) is 9.95. The Bertz CT molecular complexity index is 318. The van der Waals surface area contributed by atoms with Gasteiger partial charge in [0.25, 0.3) is 0 Å². The smallest absolute Gasteiger partial charge is 0.0580 e. The predicted molar refractivity (Wildman–Crippen MR) is 69.9 cm³/mol. The average molecular weight is 220 g/mol. The van der Waals surface area contributed by atoms with Crippen molar-refractivity contribution in [2.45, 2.75) is 59.5 Å². The first-order chi connectivity index (χ1) is 7.54. The van der Waals surface area contributed by atoms with Crippen LogP contribution < -0.4 is 0 Å². The Hall–Kier alpha value is -0.820. The van der Waals surface area contributed by atoms with Crippen molar-refractivity contribution in [2.24, 2.45) is 0 Å². The number of aryl methyl sites for hydroxylation is 3. The van der Waals surface area contributed by atoms with Crippen LogP contribution in [0, 0.1) is 20.8 Å². The molecule has 1 nitrogen and oxygen atoms in total. The zero-order valence-electron chi connectivity index (χ0n) is 11.0. The number of rotatable bonds is 5. The van der Waals surface area contributed by atoms with Gasteiger partial charge in [0.15, 0.2) is 0 Å². The lowest BCUT2D eigenvalue weighted by molar-refractivity contribution is 0.161. The molecule has 1 atom stereocenters. The molecule has 1 unspecified atom stereocenters. The molecular formula is C15H24O. The summed E-state index contributed by atoms with van der Waals surface area (Å²) in [6, 6.07) is 4.41. The van der Waals surface area contributed by atoms with Gasteiger partial charge in [0, 0.05) is 0 Å². The monoisotopic (exact) mass is 220 g/mol. The third-order valence-corrected chi connectivity index (χ3v) is 3.17. The van der Waals surface area contributed by atoms with E-state index in [-0.39, 0.29) is 6.10 Å². The summed E-state index contributed by atoms with van der Waals surface area (Å²) >= 11 is 0. The molecule has 0 heterocycles. The molecule has 1 N–H and O–H groups in total. The second-order valence-corrected chi connectivity index (χ2v) is 4.88. The van der Waals surface area contributed by atoms with Crippen LogP contribution in [0.2, 0.25) is 0 Å². The summed E-state index contributed by atoms with van der Waals surface area (Å²) in [4.78, 5) is 0. The summed E-state index contributed by atoms with van der Waals surface area (Å²) in [6.45, 7) is 8.57. The fourth-order valence-electron chi connectivity index (χ4n) is 2.31. The number of unbranched alkanes of at least 4 members (excludes halogenated alkanes) is 1. The number of hydrogen-bond acceptors (Lipinski definition) is 1. The lowest BCUT2D eigenvalue weighted by Gasteiger charge is -2.15. The van der Waals surface area contributed by atoms with Crippen LogP contribution in [0.3, 0.4) is 0 Å². The molecule has 1 aromatic carbocycles. The van der Waals surface area contributed by atoms with Gasteiger partial charge in [-0.05, 0) is 50.3 Å². The molecule has 0 aliphatic carbocycles. The zero-order chi connectivity index (χ0) is 12.1. The van der Waals surface area contributed by atoms with E-state index in [2.05, 4.69) is 39.8 Å². The molecule has 90 valence electrons. The Balaban J connectivity index is 2.73. The molecule has 1 rings (SSSR count). The molecule has 0 aliphatic heterocycles. The quantitative estimate of drug-likeness (QED) is 0.802. The van der Waals surface area contributed by atoms with E-state index in [9.17, 15) is 5.11 Å². The van der Waals surface area contributed by atoms with E-state index < -0.39 is 0 Å². The van der Waals surface area contributed by atoms with Crippen molar-refractivity contribution in [3.8, 4) is 0 Å². The number of hydrogen-bond donors (Lipinski definition) is 1. The van der Waals surface area contributed by atoms with E-state index in [1.54, 1.807) is 0 Å². The molecular weight excluding hydrogens is 196 g/mol. The fourth-order valence-corrected chi connectivity index (χ4v) is 2.31. The molecule has 0 saturated carbocycles. The average Bonchev–Trinajstić information content (AvgIpc) is 2.20. The number of aliphatic hydroxyl groups excluding tert-OH is 1. The second kappa shape index (κ2) is 6.05. The van der Waals surface area contributed by atoms with Gasteiger partial charge < -0.3 is 5.11 Å². The van der Waals surface area contributed by atoms with Crippen LogP contribution >= 0.6 is 0 Å². The molecule has 0 bridgehead atoms. The van der Waals surface area contributed by atoms with Gasteiger partial charge in [0.2, 0.25) is 0 Å². The minimum absolute atomic E-state index is 0.181. The third kappa shape index (κ3) is 3.64. The lowest BCUT2D eigenvalue weighted by Crippen LogP contribution is -2.12. The molecule has 0 aromatic heterocycles. The molecule has 16 heavy (non-hydrogen) atoms. The highest BCUT2D eigenvalue weighted by atomic mass is 16.3. The van der Waals surface area contributed by atoms with Crippen LogP contribution in [0.5, 0.6) is 0 Å². The standard InChI is InChI=1S/C15H24O/c1-5-6-7-14(16)10-15-12(3)8-11(2)9-13(15)4/h8-9,14,16H,5-7,10H2,1-4H3. The van der Waals surface area contributed by atoms with Gasteiger partial charge in [-0.25, -0.2) is 0 Å². The van der Waals surface area contributed by atoms with E-state index in [1.807, 2.05) is 0 Å². The maximum absolute atomic E-state index is 9.95. The van der Waals surface area contributed by atoms with Gasteiger partial charge in [-0.1, -0.05) is 37.5 Å². The highest BCUT2D eigenvalue weighted by Gasteiger charge is 2.09. The van der Waals surface area contributed by atoms with Crippen molar-refractivity contribution in [3.63, 3.8) is 0 Å². The van der Waals surface area contributed by atoms with Crippen LogP contribution in [0.15, 0.2) is 12.1 Å². The van der Waals surface area contributed by atoms with Crippen molar-refractivity contribution in [3.05, 3.63) is 34.4 Å². The Morgan fingerprint density at radius 1 is 1.12 bits per heavy atom. The maximum atomic E-state index is 9.95. The maximum Gasteiger partial charge on any atom is 0.0580 e. The van der Waals surface area contributed by atoms with E-state index in [4.69, 9.17) is 0 Å². The van der Waals surface area contributed by atoms with Crippen LogP contribution in [-0.2, 0) is 6.42 Å². The predicted octanol–water partition coefficient (Wildman–Crippen LogP) is 3.71. The van der Waals surface area contributed by atoms with Gasteiger partial charge in [-0.2, -0.15) is 0 Å². The molecule has 0 radical (unpaired) electrons. The number of benzene rings is 1. The van der Waals surface area contributed by atoms with Gasteiger partial charge in [0.05, 0.1) is 6.10 Å². The molecule has 0 amide bonds.